The molecule has 118 heavy (non-hydrogen) atoms. The van der Waals surface area contributed by atoms with Crippen molar-refractivity contribution in [2.75, 3.05) is 110 Å². The lowest BCUT2D eigenvalue weighted by molar-refractivity contribution is -0.148. The molecule has 10 atom stereocenters. The van der Waals surface area contributed by atoms with Crippen LogP contribution in [0.1, 0.15) is 141 Å². The average molecular weight is 1750 g/mol. The fourth-order valence-corrected chi connectivity index (χ4v) is 18.1. The van der Waals surface area contributed by atoms with Crippen LogP contribution in [0.25, 0.3) is 11.0 Å². The van der Waals surface area contributed by atoms with Gasteiger partial charge in [0.15, 0.2) is 0 Å². The van der Waals surface area contributed by atoms with Crippen molar-refractivity contribution in [3.05, 3.63) is 111 Å². The Morgan fingerprint density at radius 2 is 1.42 bits per heavy atom. The average Bonchev–Trinajstić information content (AvgIpc) is 0.876. The molecular weight excluding hydrogens is 1650 g/mol. The molecule has 8 unspecified atom stereocenters. The summed E-state index contributed by atoms with van der Waals surface area (Å²) in [7, 11) is -12.6. The number of nitrogens with two attached hydrogens (primary N) is 1. The number of aliphatic carboxylic acids is 3. The van der Waals surface area contributed by atoms with Gasteiger partial charge < -0.3 is 105 Å². The van der Waals surface area contributed by atoms with Gasteiger partial charge in [-0.3, -0.25) is 47.9 Å². The fourth-order valence-electron chi connectivity index (χ4n) is 13.0. The number of carboxylic acids is 3. The number of amides is 6. The highest BCUT2D eigenvalue weighted by Gasteiger charge is 2.44. The number of carbonyl (C=O) groups is 9. The molecule has 3 heterocycles. The largest absolute Gasteiger partial charge is 0.490 e. The Balaban J connectivity index is 0.773. The quantitative estimate of drug-likeness (QED) is 0.0125. The van der Waals surface area contributed by atoms with Crippen molar-refractivity contribution in [3.8, 4) is 11.8 Å². The summed E-state index contributed by atoms with van der Waals surface area (Å²) in [6.07, 6.45) is 4.58. The van der Waals surface area contributed by atoms with Gasteiger partial charge in [-0.05, 0) is 98.4 Å². The number of nitrogens with one attached hydrogen (secondary N) is 5. The van der Waals surface area contributed by atoms with Gasteiger partial charge in [-0.2, -0.15) is 8.62 Å². The molecule has 15 N–H and O–H groups in total. The molecule has 4 aromatic rings. The number of aryl methyl sites for hydroxylation is 2. The Labute approximate surface area is 688 Å². The minimum absolute atomic E-state index is 0.00414. The molecule has 0 saturated carbocycles. The number of anilines is 1. The van der Waals surface area contributed by atoms with Crippen molar-refractivity contribution in [2.24, 2.45) is 10.9 Å². The molecule has 39 nitrogen and oxygen atoms in total. The van der Waals surface area contributed by atoms with E-state index in [4.69, 9.17) is 49.3 Å². The first-order chi connectivity index (χ1) is 56.1. The SMILES string of the molecule is CCCc1cc2c(cc1C)C(c1ccccc1C(=O)N(C)CCCC(=O)NCCOCCOCCOCCOCCC(=O)NC(CCCSSCCC(=O)NCC#Cc1cn([C@H]3CC(O)[C@@H](COP(=O)(O)OP(=O)(O)OP(=O)(O)O)O3)c3ncnc(N)c13)C(=O)NC(CC(=O)O)C(=O)NC(CC(=O)O)C(=O)O)C1C=C(C)/C(=N/CC)C=C1C2. The molecule has 648 valence electrons. The molecule has 1 saturated heterocycles. The van der Waals surface area contributed by atoms with E-state index in [0.717, 1.165) is 42.4 Å². The summed E-state index contributed by atoms with van der Waals surface area (Å²) in [6.45, 7) is 10.0. The number of carboxylic acid groups (broad SMARTS) is 3. The van der Waals surface area contributed by atoms with E-state index < -0.39 is 115 Å². The summed E-state index contributed by atoms with van der Waals surface area (Å²) in [6, 6.07) is 7.34. The standard InChI is InChI=1S/C74H102N11O28P3S2/c1-6-13-47-36-49-37-50-38-56(76-7-2)46(4)35-54(50)68(53(49)34-45(47)3)51-15-8-9-16-52(51)73(96)84(5)23-11-18-61(87)78-22-25-107-27-29-109-31-30-108-28-26-106-24-19-63(89)81-55(71(94)82-57(39-65(90)91)72(95)83-58(74(97)98)40-66(92)93)17-12-32-117-118-33-20-62(88)77-21-10-14-48-42-85(70-67(48)69(75)79-44-80-70)64-41-59(86)60(111-64)43-110-115(102,103)113-116(104,105)112-114(99,100)101/h8-9,15-16,34-36,38,42,44,54-55,57-60,64,68,86H,6-7,11-13,17-33,37,39-41,43H2,1-5H3,(H,77,88)(H,78,87)(H,81,89)(H,82,94)(H,83,95)(H,90,91)(H,92,93)(H,97,98)(H,102,103)(H,104,105)(H2,75,79,80)(H2,99,100,101)/b76-56+/t54?,55?,57?,58?,59?,60-,64-,68?/m1/s1. The zero-order chi connectivity index (χ0) is 86.3. The normalized spacial score (nSPS) is 18.5. The number of aliphatic imine (C=N–C) groups is 1. The number of carbonyl (C=O) groups excluding carboxylic acids is 6. The number of nitrogen functional groups attached to an aromatic ring is 1. The van der Waals surface area contributed by atoms with Crippen molar-refractivity contribution in [1.82, 2.24) is 46.0 Å². The van der Waals surface area contributed by atoms with Gasteiger partial charge in [0.1, 0.15) is 48.2 Å². The van der Waals surface area contributed by atoms with Crippen molar-refractivity contribution >= 4 is 121 Å². The highest BCUT2D eigenvalue weighted by Crippen LogP contribution is 2.66. The third-order valence-electron chi connectivity index (χ3n) is 18.5. The van der Waals surface area contributed by atoms with Crippen LogP contribution in [0.2, 0.25) is 0 Å². The number of ether oxygens (including phenoxy) is 5. The number of fused-ring (bicyclic) bond motifs is 3. The van der Waals surface area contributed by atoms with Crippen LogP contribution in [-0.4, -0.2) is 253 Å². The van der Waals surface area contributed by atoms with E-state index in [-0.39, 0.29) is 156 Å². The lowest BCUT2D eigenvalue weighted by Gasteiger charge is -2.38. The van der Waals surface area contributed by atoms with Crippen molar-refractivity contribution in [1.29, 1.82) is 0 Å². The van der Waals surface area contributed by atoms with Crippen LogP contribution in [-0.2, 0) is 102 Å². The minimum atomic E-state index is -5.81. The summed E-state index contributed by atoms with van der Waals surface area (Å²) >= 11 is 0. The second kappa shape index (κ2) is 47.6. The third kappa shape index (κ3) is 31.4. The summed E-state index contributed by atoms with van der Waals surface area (Å²) in [5.74, 6) is -2.27. The number of benzene rings is 2. The van der Waals surface area contributed by atoms with Crippen LogP contribution >= 0.6 is 45.1 Å². The van der Waals surface area contributed by atoms with Gasteiger partial charge in [-0.1, -0.05) is 88.8 Å². The number of phosphoric ester groups is 1. The smallest absolute Gasteiger partial charge is 0.481 e. The maximum Gasteiger partial charge on any atom is 0.490 e. The van der Waals surface area contributed by atoms with Gasteiger partial charge >= 0.3 is 41.4 Å². The molecule has 3 aliphatic rings. The summed E-state index contributed by atoms with van der Waals surface area (Å²) in [5.41, 5.74) is 16.8. The molecular formula is C74H102N11O28P3S2. The van der Waals surface area contributed by atoms with Gasteiger partial charge in [0.2, 0.25) is 29.5 Å². The molecule has 1 fully saturated rings. The van der Waals surface area contributed by atoms with Crippen molar-refractivity contribution < 1.29 is 134 Å². The fraction of sp³-hybridized carbons (Fsp3) is 0.541. The number of hydrogen-bond acceptors (Lipinski definition) is 27. The number of rotatable bonds is 51. The zero-order valence-electron chi connectivity index (χ0n) is 65.7. The topological polar surface area (TPSA) is 573 Å². The maximum absolute atomic E-state index is 14.3. The number of hydrogen-bond donors (Lipinski definition) is 14. The Bertz CT molecular complexity index is 4520. The van der Waals surface area contributed by atoms with E-state index in [9.17, 15) is 82.0 Å². The Morgan fingerprint density at radius 1 is 0.763 bits per heavy atom. The molecule has 7 rings (SSSR count). The molecule has 1 aliphatic heterocycles. The number of aliphatic hydroxyl groups excluding tert-OH is 1. The van der Waals surface area contributed by atoms with E-state index >= 15 is 0 Å². The molecule has 0 spiro atoms. The summed E-state index contributed by atoms with van der Waals surface area (Å²) in [4.78, 5) is 167. The Morgan fingerprint density at radius 3 is 2.09 bits per heavy atom. The second-order valence-electron chi connectivity index (χ2n) is 27.4. The van der Waals surface area contributed by atoms with Crippen LogP contribution in [0.4, 0.5) is 5.82 Å². The molecule has 2 aromatic carbocycles. The van der Waals surface area contributed by atoms with E-state index in [1.54, 1.807) is 11.9 Å². The van der Waals surface area contributed by atoms with Crippen molar-refractivity contribution in [2.45, 2.75) is 147 Å². The summed E-state index contributed by atoms with van der Waals surface area (Å²) < 4.78 is 76.6. The third-order valence-corrected chi connectivity index (χ3v) is 24.8. The maximum atomic E-state index is 14.3. The number of phosphoric acid groups is 3. The van der Waals surface area contributed by atoms with E-state index in [1.807, 2.05) is 30.4 Å². The first-order valence-corrected chi connectivity index (χ1v) is 44.9. The number of nitrogens with zero attached hydrogens (tertiary/aromatic N) is 5. The number of aliphatic hydroxyl groups is 1. The first kappa shape index (κ1) is 96.8. The first-order valence-electron chi connectivity index (χ1n) is 37.8. The van der Waals surface area contributed by atoms with Gasteiger partial charge in [0, 0.05) is 87.5 Å². The van der Waals surface area contributed by atoms with Crippen LogP contribution in [0.5, 0.6) is 0 Å². The Hall–Kier alpha value is -8.33. The lowest BCUT2D eigenvalue weighted by Crippen LogP contribution is -2.56. The van der Waals surface area contributed by atoms with Crippen LogP contribution in [0, 0.1) is 24.7 Å². The van der Waals surface area contributed by atoms with E-state index in [1.165, 1.54) is 60.2 Å². The predicted octanol–water partition coefficient (Wildman–Crippen LogP) is 4.55. The van der Waals surface area contributed by atoms with Gasteiger partial charge in [0.05, 0.1) is 102 Å². The molecule has 44 heteroatoms. The van der Waals surface area contributed by atoms with E-state index in [0.29, 0.717) is 36.6 Å². The van der Waals surface area contributed by atoms with Crippen LogP contribution < -0.4 is 32.3 Å². The highest BCUT2D eigenvalue weighted by atomic mass is 33.1. The van der Waals surface area contributed by atoms with Crippen LogP contribution in [0.3, 0.4) is 0 Å². The second-order valence-corrected chi connectivity index (χ2v) is 34.5. The molecule has 6 amide bonds. The minimum Gasteiger partial charge on any atom is -0.481 e. The van der Waals surface area contributed by atoms with Crippen LogP contribution in [0.15, 0.2) is 77.2 Å². The summed E-state index contributed by atoms with van der Waals surface area (Å²) in [5, 5.41) is 51.4. The number of aromatic nitrogens is 3. The molecule has 0 bridgehead atoms. The van der Waals surface area contributed by atoms with Gasteiger partial charge in [0.25, 0.3) is 5.91 Å². The van der Waals surface area contributed by atoms with Crippen molar-refractivity contribution in [3.63, 3.8) is 0 Å². The Kier molecular flexibility index (Phi) is 39.1. The van der Waals surface area contributed by atoms with Gasteiger partial charge in [-0.25, -0.2) is 28.5 Å². The molecule has 0 radical (unpaired) electrons. The monoisotopic (exact) mass is 1750 g/mol. The van der Waals surface area contributed by atoms with Gasteiger partial charge in [-0.15, -0.1) is 0 Å². The predicted molar refractivity (Wildman–Crippen MR) is 430 cm³/mol. The number of allylic oxidation sites excluding steroid dienone is 4. The molecule has 2 aliphatic carbocycles. The zero-order valence-corrected chi connectivity index (χ0v) is 70.0. The lowest BCUT2D eigenvalue weighted by atomic mass is 9.65. The van der Waals surface area contributed by atoms with E-state index in [2.05, 4.69) is 107 Å². The molecule has 2 aromatic heterocycles. The highest BCUT2D eigenvalue weighted by molar-refractivity contribution is 8.76.